The van der Waals surface area contributed by atoms with E-state index in [9.17, 15) is 14.4 Å². The summed E-state index contributed by atoms with van der Waals surface area (Å²) in [5.74, 6) is -0.779. The minimum atomic E-state index is -0.904. The number of rotatable bonds is 11. The van der Waals surface area contributed by atoms with E-state index in [-0.39, 0.29) is 37.2 Å². The van der Waals surface area contributed by atoms with Crippen molar-refractivity contribution in [3.05, 3.63) is 59.7 Å². The minimum absolute atomic E-state index is 0.00523. The predicted octanol–water partition coefficient (Wildman–Crippen LogP) is 4.70. The molecule has 0 aliphatic heterocycles. The summed E-state index contributed by atoms with van der Waals surface area (Å²) in [4.78, 5) is 36.2. The van der Waals surface area contributed by atoms with Gasteiger partial charge in [-0.25, -0.2) is 4.79 Å². The van der Waals surface area contributed by atoms with Crippen LogP contribution in [0.5, 0.6) is 0 Å². The molecule has 186 valence electrons. The van der Waals surface area contributed by atoms with E-state index in [0.29, 0.717) is 25.3 Å². The van der Waals surface area contributed by atoms with Crippen LogP contribution in [0.4, 0.5) is 4.79 Å². The summed E-state index contributed by atoms with van der Waals surface area (Å²) in [5, 5.41) is 14.8. The first-order valence-corrected chi connectivity index (χ1v) is 12.4. The maximum atomic E-state index is 12.6. The minimum Gasteiger partial charge on any atom is -0.481 e. The number of carbonyl (C=O) groups excluding carboxylic acids is 2. The molecule has 4 rings (SSSR count). The van der Waals surface area contributed by atoms with Crippen LogP contribution in [-0.4, -0.2) is 41.8 Å². The molecule has 1 fully saturated rings. The molecule has 0 unspecified atom stereocenters. The van der Waals surface area contributed by atoms with Gasteiger partial charge in [0, 0.05) is 18.9 Å². The largest absolute Gasteiger partial charge is 0.481 e. The summed E-state index contributed by atoms with van der Waals surface area (Å²) in [6.45, 7) is 4.72. The van der Waals surface area contributed by atoms with E-state index < -0.39 is 17.6 Å². The summed E-state index contributed by atoms with van der Waals surface area (Å²) in [6.07, 6.45) is 1.85. The van der Waals surface area contributed by atoms with Crippen LogP contribution < -0.4 is 10.6 Å². The number of carboxylic acid groups (broad SMARTS) is 1. The number of carboxylic acids is 1. The molecule has 3 N–H and O–H groups in total. The van der Waals surface area contributed by atoms with Gasteiger partial charge in [-0.05, 0) is 53.4 Å². The van der Waals surface area contributed by atoms with Crippen LogP contribution in [0.3, 0.4) is 0 Å². The van der Waals surface area contributed by atoms with Gasteiger partial charge in [0.05, 0.1) is 12.0 Å². The smallest absolute Gasteiger partial charge is 0.407 e. The molecule has 7 heteroatoms. The molecule has 0 saturated heterocycles. The van der Waals surface area contributed by atoms with E-state index >= 15 is 0 Å². The highest BCUT2D eigenvalue weighted by Gasteiger charge is 2.45. The molecular formula is C28H34N2O5. The number of carbonyl (C=O) groups is 3. The summed E-state index contributed by atoms with van der Waals surface area (Å²) in [6, 6.07) is 16.4. The number of hydrogen-bond donors (Lipinski definition) is 3. The number of benzene rings is 2. The highest BCUT2D eigenvalue weighted by molar-refractivity contribution is 5.80. The van der Waals surface area contributed by atoms with Gasteiger partial charge in [0.15, 0.2) is 0 Å². The summed E-state index contributed by atoms with van der Waals surface area (Å²) in [7, 11) is 0. The number of aliphatic carboxylic acids is 1. The van der Waals surface area contributed by atoms with Crippen molar-refractivity contribution in [2.24, 2.45) is 11.8 Å². The quantitative estimate of drug-likeness (QED) is 0.434. The Morgan fingerprint density at radius 3 is 2.17 bits per heavy atom. The standard InChI is InChI=1S/C28H34N2O5/c1-18(2)13-19(14-25(31)30-28(11-12-28)15-26(32)33)16-29-27(34)35-17-24-22-9-5-3-7-20(22)21-8-4-6-10-23(21)24/h3-10,18-19,24H,11-17H2,1-2H3,(H,29,34)(H,30,31)(H,32,33)/t19-/m0/s1. The fourth-order valence-corrected chi connectivity index (χ4v) is 5.18. The summed E-state index contributed by atoms with van der Waals surface area (Å²) in [5.41, 5.74) is 4.08. The monoisotopic (exact) mass is 478 g/mol. The fourth-order valence-electron chi connectivity index (χ4n) is 5.18. The zero-order chi connectivity index (χ0) is 25.0. The zero-order valence-electron chi connectivity index (χ0n) is 20.4. The first-order chi connectivity index (χ1) is 16.8. The Hall–Kier alpha value is -3.35. The van der Waals surface area contributed by atoms with Gasteiger partial charge < -0.3 is 20.5 Å². The Balaban J connectivity index is 1.30. The molecule has 2 amide bonds. The van der Waals surface area contributed by atoms with Crippen molar-refractivity contribution in [1.29, 1.82) is 0 Å². The Morgan fingerprint density at radius 1 is 1.03 bits per heavy atom. The highest BCUT2D eigenvalue weighted by Crippen LogP contribution is 2.44. The van der Waals surface area contributed by atoms with Crippen LogP contribution in [0, 0.1) is 11.8 Å². The first-order valence-electron chi connectivity index (χ1n) is 12.4. The molecular weight excluding hydrogens is 444 g/mol. The van der Waals surface area contributed by atoms with Crippen molar-refractivity contribution in [2.45, 2.75) is 57.4 Å². The number of alkyl carbamates (subject to hydrolysis) is 1. The van der Waals surface area contributed by atoms with Crippen molar-refractivity contribution in [3.8, 4) is 11.1 Å². The van der Waals surface area contributed by atoms with Crippen LogP contribution in [-0.2, 0) is 14.3 Å². The Kier molecular flexibility index (Phi) is 7.43. The van der Waals surface area contributed by atoms with Gasteiger partial charge in [0.2, 0.25) is 5.91 Å². The van der Waals surface area contributed by atoms with Crippen molar-refractivity contribution in [1.82, 2.24) is 10.6 Å². The molecule has 0 aromatic heterocycles. The van der Waals surface area contributed by atoms with Crippen LogP contribution in [0.1, 0.15) is 63.0 Å². The molecule has 2 aliphatic carbocycles. The number of nitrogens with one attached hydrogen (secondary N) is 2. The van der Waals surface area contributed by atoms with Crippen LogP contribution in [0.15, 0.2) is 48.5 Å². The number of ether oxygens (including phenoxy) is 1. The summed E-state index contributed by atoms with van der Waals surface area (Å²) < 4.78 is 5.62. The third-order valence-corrected chi connectivity index (χ3v) is 6.91. The van der Waals surface area contributed by atoms with E-state index in [1.807, 2.05) is 24.3 Å². The number of hydrogen-bond acceptors (Lipinski definition) is 4. The van der Waals surface area contributed by atoms with Gasteiger partial charge in [-0.1, -0.05) is 62.4 Å². The number of fused-ring (bicyclic) bond motifs is 3. The predicted molar refractivity (Wildman–Crippen MR) is 133 cm³/mol. The molecule has 35 heavy (non-hydrogen) atoms. The van der Waals surface area contributed by atoms with Crippen LogP contribution in [0.25, 0.3) is 11.1 Å². The second-order valence-electron chi connectivity index (χ2n) is 10.3. The van der Waals surface area contributed by atoms with Crippen LogP contribution in [0.2, 0.25) is 0 Å². The van der Waals surface area contributed by atoms with E-state index in [1.54, 1.807) is 0 Å². The Bertz CT molecular complexity index is 1050. The fraction of sp³-hybridized carbons (Fsp3) is 0.464. The van der Waals surface area contributed by atoms with Gasteiger partial charge >= 0.3 is 12.1 Å². The zero-order valence-corrected chi connectivity index (χ0v) is 20.4. The lowest BCUT2D eigenvalue weighted by Gasteiger charge is -2.22. The third-order valence-electron chi connectivity index (χ3n) is 6.91. The average Bonchev–Trinajstić information content (AvgIpc) is 3.46. The van der Waals surface area contributed by atoms with E-state index in [0.717, 1.165) is 17.5 Å². The molecule has 7 nitrogen and oxygen atoms in total. The summed E-state index contributed by atoms with van der Waals surface area (Å²) >= 11 is 0. The van der Waals surface area contributed by atoms with Crippen LogP contribution >= 0.6 is 0 Å². The maximum absolute atomic E-state index is 12.6. The lowest BCUT2D eigenvalue weighted by atomic mass is 9.93. The first kappa shape index (κ1) is 24.8. The second-order valence-corrected chi connectivity index (χ2v) is 10.3. The lowest BCUT2D eigenvalue weighted by Crippen LogP contribution is -2.40. The second kappa shape index (κ2) is 10.5. The van der Waals surface area contributed by atoms with Gasteiger partial charge in [0.25, 0.3) is 0 Å². The Morgan fingerprint density at radius 2 is 1.63 bits per heavy atom. The molecule has 2 aliphatic rings. The maximum Gasteiger partial charge on any atom is 0.407 e. The van der Waals surface area contributed by atoms with E-state index in [2.05, 4.69) is 48.7 Å². The molecule has 2 aromatic rings. The molecule has 2 aromatic carbocycles. The van der Waals surface area contributed by atoms with E-state index in [1.165, 1.54) is 11.1 Å². The molecule has 1 saturated carbocycles. The highest BCUT2D eigenvalue weighted by atomic mass is 16.5. The molecule has 0 spiro atoms. The molecule has 0 radical (unpaired) electrons. The van der Waals surface area contributed by atoms with Gasteiger partial charge in [-0.2, -0.15) is 0 Å². The van der Waals surface area contributed by atoms with Crippen molar-refractivity contribution in [3.63, 3.8) is 0 Å². The average molecular weight is 479 g/mol. The van der Waals surface area contributed by atoms with Gasteiger partial charge in [-0.3, -0.25) is 9.59 Å². The normalized spacial score (nSPS) is 16.2. The molecule has 0 heterocycles. The van der Waals surface area contributed by atoms with E-state index in [4.69, 9.17) is 9.84 Å². The van der Waals surface area contributed by atoms with Crippen molar-refractivity contribution in [2.75, 3.05) is 13.2 Å². The third kappa shape index (κ3) is 6.21. The van der Waals surface area contributed by atoms with Crippen molar-refractivity contribution >= 4 is 18.0 Å². The van der Waals surface area contributed by atoms with Crippen molar-refractivity contribution < 1.29 is 24.2 Å². The topological polar surface area (TPSA) is 105 Å². The molecule has 0 bridgehead atoms. The molecule has 1 atom stereocenters. The SMILES string of the molecule is CC(C)C[C@H](CNC(=O)OCC1c2ccccc2-c2ccccc21)CC(=O)NC1(CC(=O)O)CC1. The Labute approximate surface area is 206 Å². The van der Waals surface area contributed by atoms with Gasteiger partial charge in [0.1, 0.15) is 6.61 Å². The van der Waals surface area contributed by atoms with Gasteiger partial charge in [-0.15, -0.1) is 0 Å². The number of amides is 2. The lowest BCUT2D eigenvalue weighted by molar-refractivity contribution is -0.138.